The highest BCUT2D eigenvalue weighted by molar-refractivity contribution is 6.05. The number of hydrogen-bond acceptors (Lipinski definition) is 5. The average Bonchev–Trinajstić information content (AvgIpc) is 3.06. The largest absolute Gasteiger partial charge is 0.478 e. The van der Waals surface area contributed by atoms with Crippen LogP contribution in [0.3, 0.4) is 0 Å². The summed E-state index contributed by atoms with van der Waals surface area (Å²) < 4.78 is 0. The molecule has 1 aromatic carbocycles. The molecule has 0 unspecified atom stereocenters. The topological polar surface area (TPSA) is 144 Å². The molecule has 0 saturated heterocycles. The second-order valence-corrected chi connectivity index (χ2v) is 4.63. The van der Waals surface area contributed by atoms with Gasteiger partial charge < -0.3 is 15.4 Å². The van der Waals surface area contributed by atoms with E-state index in [4.69, 9.17) is 10.3 Å². The van der Waals surface area contributed by atoms with E-state index in [0.717, 1.165) is 0 Å². The number of carbonyl (C=O) groups excluding carboxylic acids is 2. The molecule has 9 nitrogen and oxygen atoms in total. The predicted molar refractivity (Wildman–Crippen MR) is 76.9 cm³/mol. The van der Waals surface area contributed by atoms with Gasteiger partial charge in [0.15, 0.2) is 0 Å². The third-order valence-corrected chi connectivity index (χ3v) is 3.11. The van der Waals surface area contributed by atoms with Gasteiger partial charge in [0.05, 0.1) is 17.5 Å². The lowest BCUT2D eigenvalue weighted by molar-refractivity contribution is -0.131. The van der Waals surface area contributed by atoms with Crippen molar-refractivity contribution in [3.05, 3.63) is 53.6 Å². The second-order valence-electron chi connectivity index (χ2n) is 4.63. The molecule has 5 N–H and O–H groups in total. The number of carboxylic acids is 1. The Morgan fingerprint density at radius 3 is 2.48 bits per heavy atom. The molecule has 2 amide bonds. The van der Waals surface area contributed by atoms with Gasteiger partial charge in [0.25, 0.3) is 11.8 Å². The average molecular weight is 318 g/mol. The number of carboxylic acid groups (broad SMARTS) is 1. The van der Waals surface area contributed by atoms with Crippen molar-refractivity contribution >= 4 is 17.8 Å². The van der Waals surface area contributed by atoms with Crippen molar-refractivity contribution in [3.63, 3.8) is 0 Å². The van der Waals surface area contributed by atoms with Crippen LogP contribution in [0.2, 0.25) is 0 Å². The number of imidazole rings is 1. The maximum Gasteiger partial charge on any atom is 0.336 e. The second kappa shape index (κ2) is 7.18. The molecule has 1 aromatic heterocycles. The molecule has 120 valence electrons. The van der Waals surface area contributed by atoms with Crippen molar-refractivity contribution in [3.8, 4) is 0 Å². The van der Waals surface area contributed by atoms with E-state index in [-0.39, 0.29) is 17.5 Å². The molecule has 0 aliphatic heterocycles. The quantitative estimate of drug-likeness (QED) is 0.373. The van der Waals surface area contributed by atoms with E-state index >= 15 is 0 Å². The summed E-state index contributed by atoms with van der Waals surface area (Å²) in [7, 11) is 0. The van der Waals surface area contributed by atoms with E-state index in [2.05, 4.69) is 15.3 Å². The minimum atomic E-state index is -1.26. The predicted octanol–water partition coefficient (Wildman–Crippen LogP) is -0.0456. The van der Waals surface area contributed by atoms with Gasteiger partial charge in [-0.15, -0.1) is 0 Å². The van der Waals surface area contributed by atoms with Gasteiger partial charge in [-0.2, -0.15) is 0 Å². The molecule has 0 saturated carbocycles. The summed E-state index contributed by atoms with van der Waals surface area (Å²) in [5.74, 6) is -2.83. The molecule has 1 heterocycles. The number of aromatic amines is 1. The first-order valence-electron chi connectivity index (χ1n) is 6.57. The molecule has 23 heavy (non-hydrogen) atoms. The number of amides is 2. The Balaban J connectivity index is 2.20. The standard InChI is InChI=1S/C14H14N4O5/c19-12(9-3-1-2-4-10(9)14(21)22)17-11(13(20)18-23)5-8-6-15-7-16-8/h1-4,6-7,11,23H,5H2,(H,15,16)(H,17,19)(H,18,20)(H,21,22)/t11-/m1/s1. The van der Waals surface area contributed by atoms with Crippen LogP contribution in [0, 0.1) is 0 Å². The van der Waals surface area contributed by atoms with Crippen molar-refractivity contribution in [1.29, 1.82) is 0 Å². The number of rotatable bonds is 6. The first-order chi connectivity index (χ1) is 11.0. The van der Waals surface area contributed by atoms with Gasteiger partial charge in [0, 0.05) is 18.3 Å². The number of aromatic nitrogens is 2. The zero-order chi connectivity index (χ0) is 16.8. The van der Waals surface area contributed by atoms with E-state index in [0.29, 0.717) is 5.69 Å². The molecular weight excluding hydrogens is 304 g/mol. The third-order valence-electron chi connectivity index (χ3n) is 3.11. The number of hydroxylamine groups is 1. The lowest BCUT2D eigenvalue weighted by Crippen LogP contribution is -2.47. The zero-order valence-electron chi connectivity index (χ0n) is 11.8. The fourth-order valence-electron chi connectivity index (χ4n) is 2.01. The monoisotopic (exact) mass is 318 g/mol. The maximum absolute atomic E-state index is 12.3. The minimum Gasteiger partial charge on any atom is -0.478 e. The number of benzene rings is 1. The Morgan fingerprint density at radius 1 is 1.22 bits per heavy atom. The number of nitrogens with one attached hydrogen (secondary N) is 3. The molecule has 0 bridgehead atoms. The smallest absolute Gasteiger partial charge is 0.336 e. The molecule has 9 heteroatoms. The summed E-state index contributed by atoms with van der Waals surface area (Å²) in [6.07, 6.45) is 2.92. The van der Waals surface area contributed by atoms with Crippen molar-refractivity contribution < 1.29 is 24.7 Å². The molecule has 2 aromatic rings. The number of hydrogen-bond donors (Lipinski definition) is 5. The van der Waals surface area contributed by atoms with E-state index in [1.54, 1.807) is 0 Å². The van der Waals surface area contributed by atoms with Gasteiger partial charge in [0.1, 0.15) is 6.04 Å². The van der Waals surface area contributed by atoms with Crippen molar-refractivity contribution in [2.75, 3.05) is 0 Å². The highest BCUT2D eigenvalue weighted by Gasteiger charge is 2.24. The third kappa shape index (κ3) is 3.92. The van der Waals surface area contributed by atoms with Crippen LogP contribution in [-0.2, 0) is 11.2 Å². The van der Waals surface area contributed by atoms with Gasteiger partial charge in [0.2, 0.25) is 0 Å². The summed E-state index contributed by atoms with van der Waals surface area (Å²) in [6.45, 7) is 0. The summed E-state index contributed by atoms with van der Waals surface area (Å²) in [5, 5.41) is 20.3. The van der Waals surface area contributed by atoms with Crippen molar-refractivity contribution in [2.45, 2.75) is 12.5 Å². The highest BCUT2D eigenvalue weighted by atomic mass is 16.5. The van der Waals surface area contributed by atoms with E-state index in [1.165, 1.54) is 42.3 Å². The normalized spacial score (nSPS) is 11.5. The lowest BCUT2D eigenvalue weighted by atomic mass is 10.1. The Hall–Kier alpha value is -3.20. The van der Waals surface area contributed by atoms with Crippen LogP contribution in [0.5, 0.6) is 0 Å². The van der Waals surface area contributed by atoms with Crippen LogP contribution in [0.25, 0.3) is 0 Å². The Labute approximate surface area is 130 Å². The van der Waals surface area contributed by atoms with Gasteiger partial charge in [-0.1, -0.05) is 12.1 Å². The van der Waals surface area contributed by atoms with E-state index in [1.807, 2.05) is 0 Å². The molecule has 0 aliphatic rings. The summed E-state index contributed by atoms with van der Waals surface area (Å²) in [6, 6.07) is 4.52. The molecule has 0 radical (unpaired) electrons. The SMILES string of the molecule is O=C(O)c1ccccc1C(=O)N[C@H](Cc1cnc[nH]1)C(=O)NO. The van der Waals surface area contributed by atoms with Gasteiger partial charge >= 0.3 is 5.97 Å². The van der Waals surface area contributed by atoms with Gasteiger partial charge in [-0.25, -0.2) is 15.3 Å². The first-order valence-corrected chi connectivity index (χ1v) is 6.57. The fourth-order valence-corrected chi connectivity index (χ4v) is 2.01. The number of aromatic carboxylic acids is 1. The van der Waals surface area contributed by atoms with Gasteiger partial charge in [-0.3, -0.25) is 14.8 Å². The summed E-state index contributed by atoms with van der Waals surface area (Å²) in [5.41, 5.74) is 1.76. The number of nitrogens with zero attached hydrogens (tertiary/aromatic N) is 1. The van der Waals surface area contributed by atoms with E-state index < -0.39 is 23.8 Å². The molecule has 0 spiro atoms. The highest BCUT2D eigenvalue weighted by Crippen LogP contribution is 2.10. The molecule has 1 atom stereocenters. The van der Waals surface area contributed by atoms with Crippen LogP contribution in [0.4, 0.5) is 0 Å². The van der Waals surface area contributed by atoms with Crippen molar-refractivity contribution in [2.24, 2.45) is 0 Å². The lowest BCUT2D eigenvalue weighted by Gasteiger charge is -2.16. The summed E-state index contributed by atoms with van der Waals surface area (Å²) >= 11 is 0. The summed E-state index contributed by atoms with van der Waals surface area (Å²) in [4.78, 5) is 41.7. The maximum atomic E-state index is 12.3. The Kier molecular flexibility index (Phi) is 5.05. The Morgan fingerprint density at radius 2 is 1.91 bits per heavy atom. The van der Waals surface area contributed by atoms with Crippen LogP contribution in [0.1, 0.15) is 26.4 Å². The first kappa shape index (κ1) is 16.2. The van der Waals surface area contributed by atoms with Gasteiger partial charge in [-0.05, 0) is 12.1 Å². The number of carbonyl (C=O) groups is 3. The number of H-pyrrole nitrogens is 1. The van der Waals surface area contributed by atoms with Crippen LogP contribution < -0.4 is 10.8 Å². The molecule has 0 fully saturated rings. The molecular formula is C14H14N4O5. The van der Waals surface area contributed by atoms with Crippen LogP contribution >= 0.6 is 0 Å². The molecule has 2 rings (SSSR count). The van der Waals surface area contributed by atoms with Crippen LogP contribution in [-0.4, -0.2) is 44.1 Å². The Bertz CT molecular complexity index is 714. The molecule has 0 aliphatic carbocycles. The van der Waals surface area contributed by atoms with E-state index in [9.17, 15) is 14.4 Å². The van der Waals surface area contributed by atoms with Crippen LogP contribution in [0.15, 0.2) is 36.8 Å². The van der Waals surface area contributed by atoms with Crippen molar-refractivity contribution in [1.82, 2.24) is 20.8 Å². The fraction of sp³-hybridized carbons (Fsp3) is 0.143. The minimum absolute atomic E-state index is 0.0490. The zero-order valence-corrected chi connectivity index (χ0v) is 11.8.